The summed E-state index contributed by atoms with van der Waals surface area (Å²) in [6.07, 6.45) is 2.69. The number of nitrogens with zero attached hydrogens (tertiary/aromatic N) is 5. The van der Waals surface area contributed by atoms with E-state index in [1.165, 1.54) is 0 Å². The van der Waals surface area contributed by atoms with Gasteiger partial charge in [0.15, 0.2) is 11.5 Å². The molecule has 8 nitrogen and oxygen atoms in total. The van der Waals surface area contributed by atoms with Gasteiger partial charge in [0.2, 0.25) is 5.16 Å². The van der Waals surface area contributed by atoms with Crippen LogP contribution in [0, 0.1) is 0 Å². The number of methoxy groups -OCH3 is 1. The van der Waals surface area contributed by atoms with Crippen LogP contribution >= 0.6 is 35.8 Å². The molecule has 2 aromatic heterocycles. The largest absolute Gasteiger partial charge is 0.493 e. The van der Waals surface area contributed by atoms with Gasteiger partial charge in [-0.2, -0.15) is 4.68 Å². The number of hydrogen-bond donors (Lipinski definition) is 1. The smallest absolute Gasteiger partial charge is 0.214 e. The quantitative estimate of drug-likeness (QED) is 0.155. The SMILES string of the molecule is COc1cc(CNCCCSc2nnnn2-c2ccccc2)ccc1OCc1ccc(Cl)nc1.Cl. The van der Waals surface area contributed by atoms with Gasteiger partial charge in [-0.1, -0.05) is 53.7 Å². The molecule has 0 aliphatic carbocycles. The normalized spacial score (nSPS) is 10.6. The van der Waals surface area contributed by atoms with Crippen molar-refractivity contribution in [1.82, 2.24) is 30.5 Å². The molecule has 2 heterocycles. The molecule has 0 aliphatic heterocycles. The van der Waals surface area contributed by atoms with Gasteiger partial charge in [-0.3, -0.25) is 0 Å². The minimum Gasteiger partial charge on any atom is -0.493 e. The number of rotatable bonds is 12. The minimum absolute atomic E-state index is 0. The molecule has 0 radical (unpaired) electrons. The van der Waals surface area contributed by atoms with Crippen molar-refractivity contribution in [2.24, 2.45) is 0 Å². The third kappa shape index (κ3) is 7.83. The molecule has 4 aromatic rings. The van der Waals surface area contributed by atoms with E-state index < -0.39 is 0 Å². The van der Waals surface area contributed by atoms with E-state index in [2.05, 4.69) is 25.8 Å². The summed E-state index contributed by atoms with van der Waals surface area (Å²) in [5, 5.41) is 16.8. The van der Waals surface area contributed by atoms with Gasteiger partial charge in [0, 0.05) is 24.1 Å². The number of pyridine rings is 1. The predicted molar refractivity (Wildman–Crippen MR) is 140 cm³/mol. The Balaban J connectivity index is 0.00000342. The predicted octanol–water partition coefficient (Wildman–Crippen LogP) is 4.99. The molecule has 35 heavy (non-hydrogen) atoms. The second kappa shape index (κ2) is 13.9. The van der Waals surface area contributed by atoms with Crippen LogP contribution in [0.3, 0.4) is 0 Å². The third-order valence-corrected chi connectivity index (χ3v) is 6.14. The first-order valence-electron chi connectivity index (χ1n) is 10.8. The van der Waals surface area contributed by atoms with Crippen LogP contribution in [0.4, 0.5) is 0 Å². The summed E-state index contributed by atoms with van der Waals surface area (Å²) in [5.74, 6) is 2.30. The van der Waals surface area contributed by atoms with E-state index in [0.717, 1.165) is 47.2 Å². The second-order valence-corrected chi connectivity index (χ2v) is 8.80. The monoisotopic (exact) mass is 532 g/mol. The van der Waals surface area contributed by atoms with Crippen molar-refractivity contribution >= 4 is 35.8 Å². The van der Waals surface area contributed by atoms with Crippen molar-refractivity contribution in [2.75, 3.05) is 19.4 Å². The molecular formula is C24H26Cl2N6O2S. The molecule has 1 N–H and O–H groups in total. The summed E-state index contributed by atoms with van der Waals surface area (Å²) in [6.45, 7) is 2.01. The number of ether oxygens (including phenoxy) is 2. The number of thioether (sulfide) groups is 1. The molecule has 0 spiro atoms. The van der Waals surface area contributed by atoms with Gasteiger partial charge in [0.25, 0.3) is 0 Å². The van der Waals surface area contributed by atoms with Crippen LogP contribution in [0.15, 0.2) is 72.0 Å². The fourth-order valence-electron chi connectivity index (χ4n) is 3.19. The van der Waals surface area contributed by atoms with Crippen LogP contribution in [-0.2, 0) is 13.2 Å². The Hall–Kier alpha value is -2.85. The Kier molecular flexibility index (Phi) is 10.6. The Labute approximate surface area is 219 Å². The Morgan fingerprint density at radius 1 is 1.03 bits per heavy atom. The summed E-state index contributed by atoms with van der Waals surface area (Å²) < 4.78 is 13.2. The average Bonchev–Trinajstić information content (AvgIpc) is 3.35. The van der Waals surface area contributed by atoms with Gasteiger partial charge in [-0.15, -0.1) is 17.5 Å². The van der Waals surface area contributed by atoms with Crippen LogP contribution in [0.25, 0.3) is 5.69 Å². The van der Waals surface area contributed by atoms with Crippen LogP contribution in [-0.4, -0.2) is 44.6 Å². The highest BCUT2D eigenvalue weighted by atomic mass is 35.5. The fourth-order valence-corrected chi connectivity index (χ4v) is 4.13. The minimum atomic E-state index is 0. The highest BCUT2D eigenvalue weighted by Crippen LogP contribution is 2.29. The van der Waals surface area contributed by atoms with E-state index in [1.807, 2.05) is 54.6 Å². The summed E-state index contributed by atoms with van der Waals surface area (Å²) in [7, 11) is 1.64. The van der Waals surface area contributed by atoms with E-state index in [-0.39, 0.29) is 12.4 Å². The maximum absolute atomic E-state index is 5.89. The van der Waals surface area contributed by atoms with Gasteiger partial charge in [0.05, 0.1) is 12.8 Å². The molecule has 0 atom stereocenters. The van der Waals surface area contributed by atoms with Crippen molar-refractivity contribution in [2.45, 2.75) is 24.7 Å². The van der Waals surface area contributed by atoms with Gasteiger partial charge in [-0.05, 0) is 59.3 Å². The summed E-state index contributed by atoms with van der Waals surface area (Å²) >= 11 is 7.47. The highest BCUT2D eigenvalue weighted by Gasteiger charge is 2.09. The van der Waals surface area contributed by atoms with Gasteiger partial charge in [-0.25, -0.2) is 4.98 Å². The van der Waals surface area contributed by atoms with Crippen LogP contribution < -0.4 is 14.8 Å². The fraction of sp³-hybridized carbons (Fsp3) is 0.250. The molecule has 0 bridgehead atoms. The molecule has 184 valence electrons. The van der Waals surface area contributed by atoms with E-state index in [0.29, 0.717) is 23.3 Å². The zero-order valence-electron chi connectivity index (χ0n) is 19.1. The highest BCUT2D eigenvalue weighted by molar-refractivity contribution is 7.99. The zero-order valence-corrected chi connectivity index (χ0v) is 21.5. The lowest BCUT2D eigenvalue weighted by atomic mass is 10.2. The lowest BCUT2D eigenvalue weighted by molar-refractivity contribution is 0.284. The van der Waals surface area contributed by atoms with Gasteiger partial charge >= 0.3 is 0 Å². The van der Waals surface area contributed by atoms with E-state index >= 15 is 0 Å². The van der Waals surface area contributed by atoms with Crippen LogP contribution in [0.5, 0.6) is 11.5 Å². The van der Waals surface area contributed by atoms with E-state index in [1.54, 1.807) is 35.8 Å². The van der Waals surface area contributed by atoms with Crippen LogP contribution in [0.2, 0.25) is 5.15 Å². The standard InChI is InChI=1S/C24H25ClN6O2S.ClH/c1-32-22-14-18(8-10-21(22)33-17-19-9-11-23(25)27-16-19)15-26-12-5-13-34-24-28-29-30-31(24)20-6-3-2-4-7-20;/h2-4,6-11,14,16,26H,5,12-13,15,17H2,1H3;1H. The van der Waals surface area contributed by atoms with Crippen LogP contribution in [0.1, 0.15) is 17.5 Å². The number of nitrogens with one attached hydrogen (secondary N) is 1. The first-order valence-corrected chi connectivity index (χ1v) is 12.2. The van der Waals surface area contributed by atoms with Crippen molar-refractivity contribution in [3.63, 3.8) is 0 Å². The third-order valence-electron chi connectivity index (χ3n) is 4.91. The van der Waals surface area contributed by atoms with Crippen molar-refractivity contribution in [3.05, 3.63) is 83.1 Å². The molecule has 0 fully saturated rings. The molecule has 0 unspecified atom stereocenters. The summed E-state index contributed by atoms with van der Waals surface area (Å²) in [4.78, 5) is 4.07. The maximum atomic E-state index is 5.89. The molecule has 2 aromatic carbocycles. The zero-order chi connectivity index (χ0) is 23.6. The Bertz CT molecular complexity index is 1180. The maximum Gasteiger partial charge on any atom is 0.214 e. The number of aromatic nitrogens is 5. The van der Waals surface area contributed by atoms with Crippen molar-refractivity contribution < 1.29 is 9.47 Å². The molecule has 0 amide bonds. The number of hydrogen-bond acceptors (Lipinski definition) is 8. The average molecular weight is 533 g/mol. The number of benzene rings is 2. The van der Waals surface area contributed by atoms with Gasteiger partial charge in [0.1, 0.15) is 11.8 Å². The molecule has 11 heteroatoms. The Morgan fingerprint density at radius 2 is 1.86 bits per heavy atom. The molecule has 0 aliphatic rings. The second-order valence-electron chi connectivity index (χ2n) is 7.35. The number of para-hydroxylation sites is 1. The first kappa shape index (κ1) is 26.7. The summed E-state index contributed by atoms with van der Waals surface area (Å²) in [6, 6.07) is 19.5. The van der Waals surface area contributed by atoms with Crippen molar-refractivity contribution in [1.29, 1.82) is 0 Å². The number of tetrazole rings is 1. The topological polar surface area (TPSA) is 87.0 Å². The molecular weight excluding hydrogens is 507 g/mol. The van der Waals surface area contributed by atoms with E-state index in [9.17, 15) is 0 Å². The Morgan fingerprint density at radius 3 is 2.63 bits per heavy atom. The van der Waals surface area contributed by atoms with E-state index in [4.69, 9.17) is 21.1 Å². The molecule has 0 saturated carbocycles. The first-order chi connectivity index (χ1) is 16.7. The van der Waals surface area contributed by atoms with Gasteiger partial charge < -0.3 is 14.8 Å². The lowest BCUT2D eigenvalue weighted by Crippen LogP contribution is -2.15. The van der Waals surface area contributed by atoms with Crippen molar-refractivity contribution in [3.8, 4) is 17.2 Å². The lowest BCUT2D eigenvalue weighted by Gasteiger charge is -2.13. The summed E-state index contributed by atoms with van der Waals surface area (Å²) in [5.41, 5.74) is 3.02. The molecule has 0 saturated heterocycles. The molecule has 4 rings (SSSR count). The number of halogens is 2.